The first-order chi connectivity index (χ1) is 5.54. The van der Waals surface area contributed by atoms with Gasteiger partial charge in [0.15, 0.2) is 0 Å². The normalized spacial score (nSPS) is 10.5. The molecule has 0 rings (SSSR count). The molecule has 0 heterocycles. The molecule has 0 saturated carbocycles. The molecule has 4 heteroatoms. The summed E-state index contributed by atoms with van der Waals surface area (Å²) in [4.78, 5) is 11.2. The lowest BCUT2D eigenvalue weighted by atomic mass is 9.95. The van der Waals surface area contributed by atoms with E-state index >= 15 is 0 Å². The van der Waals surface area contributed by atoms with E-state index in [1.807, 2.05) is 6.07 Å². The maximum atomic E-state index is 11.2. The minimum atomic E-state index is -0.977. The van der Waals surface area contributed by atoms with Gasteiger partial charge in [-0.25, -0.2) is 0 Å². The summed E-state index contributed by atoms with van der Waals surface area (Å²) in [6, 6.07) is 1.89. The topological polar surface area (TPSA) is 73.1 Å². The van der Waals surface area contributed by atoms with Gasteiger partial charge in [0.05, 0.1) is 6.07 Å². The maximum absolute atomic E-state index is 11.2. The molecule has 68 valence electrons. The summed E-state index contributed by atoms with van der Waals surface area (Å²) in [5.74, 6) is -0.293. The van der Waals surface area contributed by atoms with E-state index in [-0.39, 0.29) is 12.5 Å². The first-order valence-corrected chi connectivity index (χ1v) is 3.85. The number of rotatable bonds is 4. The zero-order valence-electron chi connectivity index (χ0n) is 7.42. The summed E-state index contributed by atoms with van der Waals surface area (Å²) in [5.41, 5.74) is -0.977. The third-order valence-corrected chi connectivity index (χ3v) is 1.47. The van der Waals surface area contributed by atoms with Gasteiger partial charge < -0.3 is 10.4 Å². The van der Waals surface area contributed by atoms with E-state index in [0.29, 0.717) is 13.0 Å². The molecule has 0 aliphatic carbocycles. The summed E-state index contributed by atoms with van der Waals surface area (Å²) >= 11 is 0. The van der Waals surface area contributed by atoms with Gasteiger partial charge in [-0.05, 0) is 20.3 Å². The molecule has 0 bridgehead atoms. The number of carbonyl (C=O) groups excluding carboxylic acids is 1. The smallest absolute Gasteiger partial charge is 0.239 e. The highest BCUT2D eigenvalue weighted by Gasteiger charge is 2.26. The van der Waals surface area contributed by atoms with E-state index in [1.165, 1.54) is 0 Å². The number of nitrogens with one attached hydrogen (secondary N) is 1. The van der Waals surface area contributed by atoms with Crippen LogP contribution in [0.15, 0.2) is 0 Å². The standard InChI is InChI=1S/C8H14N2O2/c1-8(2,6-9)7(12)10-4-3-5-11/h11H,3-5H2,1-2H3,(H,10,12). The van der Waals surface area contributed by atoms with Crippen molar-refractivity contribution in [1.82, 2.24) is 5.32 Å². The Morgan fingerprint density at radius 3 is 2.67 bits per heavy atom. The molecule has 0 aromatic rings. The van der Waals surface area contributed by atoms with Crippen LogP contribution in [0.1, 0.15) is 20.3 Å². The second kappa shape index (κ2) is 4.73. The zero-order chi connectivity index (χ0) is 9.61. The number of aliphatic hydroxyl groups excluding tert-OH is 1. The van der Waals surface area contributed by atoms with Crippen LogP contribution in [0, 0.1) is 16.7 Å². The molecule has 0 spiro atoms. The maximum Gasteiger partial charge on any atom is 0.239 e. The fourth-order valence-corrected chi connectivity index (χ4v) is 0.553. The quantitative estimate of drug-likeness (QED) is 0.585. The fourth-order valence-electron chi connectivity index (χ4n) is 0.553. The van der Waals surface area contributed by atoms with Gasteiger partial charge in [-0.3, -0.25) is 4.79 Å². The highest BCUT2D eigenvalue weighted by atomic mass is 16.3. The van der Waals surface area contributed by atoms with Gasteiger partial charge in [-0.1, -0.05) is 0 Å². The third kappa shape index (κ3) is 3.35. The minimum Gasteiger partial charge on any atom is -0.396 e. The second-order valence-electron chi connectivity index (χ2n) is 3.07. The summed E-state index contributed by atoms with van der Waals surface area (Å²) in [5, 5.41) is 19.5. The van der Waals surface area contributed by atoms with E-state index < -0.39 is 5.41 Å². The number of nitriles is 1. The number of carbonyl (C=O) groups is 1. The van der Waals surface area contributed by atoms with Gasteiger partial charge in [0.25, 0.3) is 0 Å². The lowest BCUT2D eigenvalue weighted by Gasteiger charge is -2.14. The largest absolute Gasteiger partial charge is 0.396 e. The molecule has 1 amide bonds. The molecule has 0 radical (unpaired) electrons. The summed E-state index contributed by atoms with van der Waals surface area (Å²) in [6.07, 6.45) is 0.521. The van der Waals surface area contributed by atoms with Crippen molar-refractivity contribution in [3.63, 3.8) is 0 Å². The van der Waals surface area contributed by atoms with E-state index in [0.717, 1.165) is 0 Å². The summed E-state index contributed by atoms with van der Waals surface area (Å²) in [7, 11) is 0. The second-order valence-corrected chi connectivity index (χ2v) is 3.07. The van der Waals surface area contributed by atoms with Crippen LogP contribution in [-0.4, -0.2) is 24.2 Å². The molecule has 0 atom stereocenters. The average Bonchev–Trinajstić information content (AvgIpc) is 2.05. The van der Waals surface area contributed by atoms with Crippen molar-refractivity contribution in [2.45, 2.75) is 20.3 Å². The number of hydrogen-bond donors (Lipinski definition) is 2. The lowest BCUT2D eigenvalue weighted by Crippen LogP contribution is -2.36. The van der Waals surface area contributed by atoms with Crippen molar-refractivity contribution in [2.24, 2.45) is 5.41 Å². The minimum absolute atomic E-state index is 0.0489. The molecule has 0 fully saturated rings. The van der Waals surface area contributed by atoms with Crippen molar-refractivity contribution in [3.8, 4) is 6.07 Å². The number of amides is 1. The highest BCUT2D eigenvalue weighted by Crippen LogP contribution is 2.12. The average molecular weight is 170 g/mol. The number of hydrogen-bond acceptors (Lipinski definition) is 3. The fraction of sp³-hybridized carbons (Fsp3) is 0.750. The van der Waals surface area contributed by atoms with E-state index in [9.17, 15) is 4.79 Å². The molecule has 0 aromatic carbocycles. The van der Waals surface area contributed by atoms with Crippen LogP contribution in [0.5, 0.6) is 0 Å². The van der Waals surface area contributed by atoms with Crippen molar-refractivity contribution < 1.29 is 9.90 Å². The zero-order valence-corrected chi connectivity index (χ0v) is 7.42. The van der Waals surface area contributed by atoms with Crippen LogP contribution in [-0.2, 0) is 4.79 Å². The van der Waals surface area contributed by atoms with Crippen LogP contribution in [0.3, 0.4) is 0 Å². The Morgan fingerprint density at radius 1 is 1.67 bits per heavy atom. The van der Waals surface area contributed by atoms with Gasteiger partial charge in [-0.2, -0.15) is 5.26 Å². The summed E-state index contributed by atoms with van der Waals surface area (Å²) in [6.45, 7) is 3.58. The van der Waals surface area contributed by atoms with Crippen LogP contribution in [0.25, 0.3) is 0 Å². The monoisotopic (exact) mass is 170 g/mol. The van der Waals surface area contributed by atoms with Crippen LogP contribution in [0.2, 0.25) is 0 Å². The molecule has 0 aliphatic heterocycles. The van der Waals surface area contributed by atoms with Crippen molar-refractivity contribution in [2.75, 3.05) is 13.2 Å². The molecular weight excluding hydrogens is 156 g/mol. The molecule has 0 aliphatic rings. The Morgan fingerprint density at radius 2 is 2.25 bits per heavy atom. The number of aliphatic hydroxyl groups is 1. The van der Waals surface area contributed by atoms with E-state index in [2.05, 4.69) is 5.32 Å². The van der Waals surface area contributed by atoms with E-state index in [4.69, 9.17) is 10.4 Å². The van der Waals surface area contributed by atoms with Gasteiger partial charge in [0, 0.05) is 13.2 Å². The molecule has 2 N–H and O–H groups in total. The Labute approximate surface area is 72.2 Å². The van der Waals surface area contributed by atoms with Crippen molar-refractivity contribution in [3.05, 3.63) is 0 Å². The Hall–Kier alpha value is -1.08. The first kappa shape index (κ1) is 10.9. The highest BCUT2D eigenvalue weighted by molar-refractivity contribution is 5.84. The SMILES string of the molecule is CC(C)(C#N)C(=O)NCCCO. The van der Waals surface area contributed by atoms with Gasteiger partial charge in [-0.15, -0.1) is 0 Å². The van der Waals surface area contributed by atoms with Crippen LogP contribution >= 0.6 is 0 Å². The molecule has 12 heavy (non-hydrogen) atoms. The molecule has 0 unspecified atom stereocenters. The predicted octanol–water partition coefficient (Wildman–Crippen LogP) is 0.0348. The van der Waals surface area contributed by atoms with Gasteiger partial charge >= 0.3 is 0 Å². The Kier molecular flexibility index (Phi) is 4.30. The third-order valence-electron chi connectivity index (χ3n) is 1.47. The molecule has 4 nitrogen and oxygen atoms in total. The van der Waals surface area contributed by atoms with Crippen LogP contribution < -0.4 is 5.32 Å². The lowest BCUT2D eigenvalue weighted by molar-refractivity contribution is -0.126. The van der Waals surface area contributed by atoms with Crippen LogP contribution in [0.4, 0.5) is 0 Å². The van der Waals surface area contributed by atoms with E-state index in [1.54, 1.807) is 13.8 Å². The Balaban J connectivity index is 3.82. The Bertz CT molecular complexity index is 194. The molecule has 0 aromatic heterocycles. The molecular formula is C8H14N2O2. The summed E-state index contributed by atoms with van der Waals surface area (Å²) < 4.78 is 0. The van der Waals surface area contributed by atoms with Crippen molar-refractivity contribution >= 4 is 5.91 Å². The molecule has 0 saturated heterocycles. The van der Waals surface area contributed by atoms with Gasteiger partial charge in [0.1, 0.15) is 5.41 Å². The number of nitrogens with zero attached hydrogens (tertiary/aromatic N) is 1. The van der Waals surface area contributed by atoms with Gasteiger partial charge in [0.2, 0.25) is 5.91 Å². The van der Waals surface area contributed by atoms with Crippen molar-refractivity contribution in [1.29, 1.82) is 5.26 Å². The first-order valence-electron chi connectivity index (χ1n) is 3.85. The predicted molar refractivity (Wildman–Crippen MR) is 44.1 cm³/mol.